The Bertz CT molecular complexity index is 888. The van der Waals surface area contributed by atoms with Gasteiger partial charge in [-0.25, -0.2) is 5.06 Å². The lowest BCUT2D eigenvalue weighted by Gasteiger charge is -2.33. The quantitative estimate of drug-likeness (QED) is 0.491. The number of carbonyl (C=O) groups is 1. The highest BCUT2D eigenvalue weighted by Crippen LogP contribution is 2.25. The first-order valence-electron chi connectivity index (χ1n) is 12.1. The minimum atomic E-state index is -0.400. The maximum absolute atomic E-state index is 12.6. The second-order valence-corrected chi connectivity index (χ2v) is 9.34. The smallest absolute Gasteiger partial charge is 0.260 e. The molecule has 2 aliphatic rings. The van der Waals surface area contributed by atoms with Crippen LogP contribution >= 0.6 is 0 Å². The Balaban J connectivity index is 1.30. The fourth-order valence-electron chi connectivity index (χ4n) is 4.55. The molecule has 2 fully saturated rings. The molecule has 4 rings (SSSR count). The number of piperazine rings is 1. The molecule has 7 nitrogen and oxygen atoms in total. The van der Waals surface area contributed by atoms with Crippen molar-refractivity contribution in [3.8, 4) is 0 Å². The lowest BCUT2D eigenvalue weighted by Crippen LogP contribution is -2.48. The zero-order valence-corrected chi connectivity index (χ0v) is 19.9. The molecule has 33 heavy (non-hydrogen) atoms. The van der Waals surface area contributed by atoms with E-state index in [0.29, 0.717) is 0 Å². The van der Waals surface area contributed by atoms with Crippen molar-refractivity contribution in [2.45, 2.75) is 32.2 Å². The normalized spacial score (nSPS) is 18.7. The van der Waals surface area contributed by atoms with E-state index < -0.39 is 6.04 Å². The number of likely N-dealkylation sites (N-methyl/N-ethyl adjacent to an activating group) is 1. The SMILES string of the molecule is CC(c1ccc(Nc2ccc(N3CCCCC3)cc2)cc1)N(O)C(=O)CN1CCN(C)CC1. The molecule has 2 saturated heterocycles. The van der Waals surface area contributed by atoms with Gasteiger partial charge in [-0.2, -0.15) is 0 Å². The third-order valence-corrected chi connectivity index (χ3v) is 6.85. The van der Waals surface area contributed by atoms with Gasteiger partial charge in [-0.1, -0.05) is 12.1 Å². The van der Waals surface area contributed by atoms with Crippen molar-refractivity contribution in [2.24, 2.45) is 0 Å². The molecule has 0 aromatic heterocycles. The van der Waals surface area contributed by atoms with Gasteiger partial charge in [-0.15, -0.1) is 0 Å². The Kier molecular flexibility index (Phi) is 7.85. The van der Waals surface area contributed by atoms with E-state index in [9.17, 15) is 10.0 Å². The van der Waals surface area contributed by atoms with E-state index in [-0.39, 0.29) is 12.5 Å². The van der Waals surface area contributed by atoms with E-state index in [2.05, 4.69) is 51.3 Å². The first-order chi connectivity index (χ1) is 16.0. The number of nitrogens with one attached hydrogen (secondary N) is 1. The maximum Gasteiger partial charge on any atom is 0.260 e. The minimum Gasteiger partial charge on any atom is -0.372 e. The van der Waals surface area contributed by atoms with Gasteiger partial charge in [0.05, 0.1) is 12.6 Å². The van der Waals surface area contributed by atoms with Crippen molar-refractivity contribution in [3.63, 3.8) is 0 Å². The number of anilines is 3. The van der Waals surface area contributed by atoms with Crippen molar-refractivity contribution in [1.82, 2.24) is 14.9 Å². The lowest BCUT2D eigenvalue weighted by molar-refractivity contribution is -0.176. The van der Waals surface area contributed by atoms with Crippen LogP contribution in [-0.2, 0) is 4.79 Å². The molecule has 178 valence electrons. The van der Waals surface area contributed by atoms with Crippen molar-refractivity contribution < 1.29 is 10.0 Å². The Morgan fingerprint density at radius 1 is 0.909 bits per heavy atom. The van der Waals surface area contributed by atoms with Crippen molar-refractivity contribution in [1.29, 1.82) is 0 Å². The molecule has 0 aliphatic carbocycles. The molecule has 2 aromatic carbocycles. The summed E-state index contributed by atoms with van der Waals surface area (Å²) in [5.41, 5.74) is 4.21. The summed E-state index contributed by atoms with van der Waals surface area (Å²) in [5, 5.41) is 14.8. The molecular formula is C26H37N5O2. The van der Waals surface area contributed by atoms with Gasteiger partial charge < -0.3 is 15.1 Å². The second-order valence-electron chi connectivity index (χ2n) is 9.34. The summed E-state index contributed by atoms with van der Waals surface area (Å²) in [6, 6.07) is 16.1. The monoisotopic (exact) mass is 451 g/mol. The highest BCUT2D eigenvalue weighted by molar-refractivity contribution is 5.77. The predicted octanol–water partition coefficient (Wildman–Crippen LogP) is 3.95. The third kappa shape index (κ3) is 6.25. The summed E-state index contributed by atoms with van der Waals surface area (Å²) >= 11 is 0. The standard InChI is InChI=1S/C26H37N5O2/c1-21(31(33)26(32)20-29-18-16-28(2)17-19-29)22-6-8-23(9-7-22)27-24-10-12-25(13-11-24)30-14-4-3-5-15-30/h6-13,21,27,33H,3-5,14-20H2,1-2H3. The third-order valence-electron chi connectivity index (χ3n) is 6.85. The zero-order chi connectivity index (χ0) is 23.2. The van der Waals surface area contributed by atoms with Crippen LogP contribution in [0.1, 0.15) is 37.8 Å². The number of hydrogen-bond acceptors (Lipinski definition) is 6. The number of rotatable bonds is 7. The molecule has 7 heteroatoms. The molecule has 0 bridgehead atoms. The van der Waals surface area contributed by atoms with Crippen LogP contribution < -0.4 is 10.2 Å². The van der Waals surface area contributed by atoms with Gasteiger partial charge in [0.15, 0.2) is 0 Å². The van der Waals surface area contributed by atoms with Crippen LogP contribution in [0, 0.1) is 0 Å². The predicted molar refractivity (Wildman–Crippen MR) is 133 cm³/mol. The van der Waals surface area contributed by atoms with Gasteiger partial charge in [-0.05, 0) is 75.2 Å². The molecule has 2 aliphatic heterocycles. The molecule has 2 N–H and O–H groups in total. The van der Waals surface area contributed by atoms with Crippen LogP contribution in [0.3, 0.4) is 0 Å². The largest absolute Gasteiger partial charge is 0.372 e. The molecule has 0 radical (unpaired) electrons. The van der Waals surface area contributed by atoms with Gasteiger partial charge in [0.1, 0.15) is 0 Å². The van der Waals surface area contributed by atoms with Gasteiger partial charge in [0.25, 0.3) is 5.91 Å². The van der Waals surface area contributed by atoms with Gasteiger partial charge in [0.2, 0.25) is 0 Å². The Morgan fingerprint density at radius 2 is 1.48 bits per heavy atom. The fourth-order valence-corrected chi connectivity index (χ4v) is 4.55. The van der Waals surface area contributed by atoms with Crippen molar-refractivity contribution >= 4 is 23.0 Å². The first kappa shape index (κ1) is 23.5. The van der Waals surface area contributed by atoms with Gasteiger partial charge in [0, 0.05) is 56.3 Å². The number of hydrogen-bond donors (Lipinski definition) is 2. The maximum atomic E-state index is 12.6. The average molecular weight is 452 g/mol. The second kappa shape index (κ2) is 11.0. The molecule has 1 atom stereocenters. The molecule has 2 aromatic rings. The van der Waals surface area contributed by atoms with E-state index in [1.165, 1.54) is 24.9 Å². The van der Waals surface area contributed by atoms with Crippen molar-refractivity contribution in [3.05, 3.63) is 54.1 Å². The number of carbonyl (C=O) groups excluding carboxylic acids is 1. The van der Waals surface area contributed by atoms with E-state index in [1.54, 1.807) is 0 Å². The molecule has 0 saturated carbocycles. The van der Waals surface area contributed by atoms with E-state index in [4.69, 9.17) is 0 Å². The molecular weight excluding hydrogens is 414 g/mol. The molecule has 1 amide bonds. The fraction of sp³-hybridized carbons (Fsp3) is 0.500. The highest BCUT2D eigenvalue weighted by Gasteiger charge is 2.23. The number of piperidine rings is 1. The van der Waals surface area contributed by atoms with Crippen LogP contribution in [0.4, 0.5) is 17.1 Å². The van der Waals surface area contributed by atoms with E-state index in [1.807, 2.05) is 31.2 Å². The summed E-state index contributed by atoms with van der Waals surface area (Å²) in [4.78, 5) is 19.4. The number of nitrogens with zero attached hydrogens (tertiary/aromatic N) is 4. The van der Waals surface area contributed by atoms with Crippen molar-refractivity contribution in [2.75, 3.05) is 63.1 Å². The first-order valence-corrected chi connectivity index (χ1v) is 12.1. The summed E-state index contributed by atoms with van der Waals surface area (Å²) in [5.74, 6) is -0.261. The van der Waals surface area contributed by atoms with Crippen LogP contribution in [0.25, 0.3) is 0 Å². The number of hydroxylamine groups is 2. The van der Waals surface area contributed by atoms with Gasteiger partial charge >= 0.3 is 0 Å². The Morgan fingerprint density at radius 3 is 2.09 bits per heavy atom. The minimum absolute atomic E-state index is 0.252. The number of amides is 1. The summed E-state index contributed by atoms with van der Waals surface area (Å²) < 4.78 is 0. The van der Waals surface area contributed by atoms with Gasteiger partial charge in [-0.3, -0.25) is 14.9 Å². The lowest BCUT2D eigenvalue weighted by atomic mass is 10.1. The molecule has 0 spiro atoms. The zero-order valence-electron chi connectivity index (χ0n) is 19.9. The van der Waals surface area contributed by atoms with Crippen LogP contribution in [0.15, 0.2) is 48.5 Å². The Hall–Kier alpha value is -2.61. The topological polar surface area (TPSA) is 62.3 Å². The van der Waals surface area contributed by atoms with Crippen LogP contribution in [-0.4, -0.2) is 78.8 Å². The summed E-state index contributed by atoms with van der Waals surface area (Å²) in [7, 11) is 2.09. The molecule has 2 heterocycles. The Labute approximate surface area is 197 Å². The van der Waals surface area contributed by atoms with Crippen LogP contribution in [0.5, 0.6) is 0 Å². The highest BCUT2D eigenvalue weighted by atomic mass is 16.5. The molecule has 1 unspecified atom stereocenters. The van der Waals surface area contributed by atoms with E-state index >= 15 is 0 Å². The number of benzene rings is 2. The average Bonchev–Trinajstić information content (AvgIpc) is 2.86. The van der Waals surface area contributed by atoms with E-state index in [0.717, 1.165) is 61.3 Å². The summed E-state index contributed by atoms with van der Waals surface area (Å²) in [6.45, 7) is 7.99. The van der Waals surface area contributed by atoms with Crippen LogP contribution in [0.2, 0.25) is 0 Å². The summed E-state index contributed by atoms with van der Waals surface area (Å²) in [6.07, 6.45) is 3.89.